The number of nitrogens with one attached hydrogen (secondary N) is 1. The fourth-order valence-corrected chi connectivity index (χ4v) is 2.30. The van der Waals surface area contributed by atoms with Crippen LogP contribution in [-0.2, 0) is 6.54 Å². The van der Waals surface area contributed by atoms with Gasteiger partial charge in [-0.2, -0.15) is 0 Å². The highest BCUT2D eigenvalue weighted by Crippen LogP contribution is 2.18. The first kappa shape index (κ1) is 15.2. The van der Waals surface area contributed by atoms with E-state index in [9.17, 15) is 9.18 Å². The topological polar surface area (TPSA) is 49.3 Å². The quantitative estimate of drug-likeness (QED) is 0.882. The fraction of sp³-hybridized carbons (Fsp3) is 0.235. The van der Waals surface area contributed by atoms with Gasteiger partial charge in [0.15, 0.2) is 0 Å². The molecule has 2 rings (SSSR count). The van der Waals surface area contributed by atoms with Crippen molar-refractivity contribution in [2.45, 2.75) is 26.4 Å². The van der Waals surface area contributed by atoms with Crippen molar-refractivity contribution in [3.63, 3.8) is 0 Å². The molecule has 0 radical (unpaired) electrons. The summed E-state index contributed by atoms with van der Waals surface area (Å²) in [7, 11) is 0. The first-order valence-electron chi connectivity index (χ1n) is 6.79. The van der Waals surface area contributed by atoms with Crippen LogP contribution in [0.4, 0.5) is 4.39 Å². The van der Waals surface area contributed by atoms with Gasteiger partial charge in [-0.1, -0.05) is 30.3 Å². The van der Waals surface area contributed by atoms with Gasteiger partial charge in [0.05, 0.1) is 5.56 Å². The Labute approximate surface area is 123 Å². The smallest absolute Gasteiger partial charge is 0.338 e. The van der Waals surface area contributed by atoms with E-state index >= 15 is 0 Å². The second-order valence-electron chi connectivity index (χ2n) is 5.08. The van der Waals surface area contributed by atoms with Gasteiger partial charge in [0.2, 0.25) is 0 Å². The summed E-state index contributed by atoms with van der Waals surface area (Å²) in [5, 5.41) is 12.1. The maximum absolute atomic E-state index is 13.6. The predicted octanol–water partition coefficient (Wildman–Crippen LogP) is 3.68. The van der Waals surface area contributed by atoms with E-state index in [1.54, 1.807) is 6.07 Å². The van der Waals surface area contributed by atoms with Gasteiger partial charge in [0.25, 0.3) is 0 Å². The number of halogens is 1. The van der Waals surface area contributed by atoms with Gasteiger partial charge in [-0.25, -0.2) is 9.18 Å². The summed E-state index contributed by atoms with van der Waals surface area (Å²) < 4.78 is 13.6. The number of carboxylic acids is 1. The normalized spacial score (nSPS) is 12.1. The largest absolute Gasteiger partial charge is 0.478 e. The lowest BCUT2D eigenvalue weighted by Gasteiger charge is -2.16. The predicted molar refractivity (Wildman–Crippen MR) is 79.8 cm³/mol. The molecule has 0 aromatic heterocycles. The average molecular weight is 287 g/mol. The van der Waals surface area contributed by atoms with Gasteiger partial charge in [-0.3, -0.25) is 0 Å². The van der Waals surface area contributed by atoms with E-state index in [4.69, 9.17) is 5.11 Å². The monoisotopic (exact) mass is 287 g/mol. The highest BCUT2D eigenvalue weighted by atomic mass is 19.1. The first-order valence-corrected chi connectivity index (χ1v) is 6.79. The Balaban J connectivity index is 2.05. The van der Waals surface area contributed by atoms with Gasteiger partial charge >= 0.3 is 5.97 Å². The zero-order valence-corrected chi connectivity index (χ0v) is 12.1. The molecular formula is C17H18FNO2. The van der Waals surface area contributed by atoms with Crippen LogP contribution in [0.25, 0.3) is 0 Å². The zero-order chi connectivity index (χ0) is 15.4. The lowest BCUT2D eigenvalue weighted by molar-refractivity contribution is 0.0692. The van der Waals surface area contributed by atoms with Crippen molar-refractivity contribution < 1.29 is 14.3 Å². The summed E-state index contributed by atoms with van der Waals surface area (Å²) in [6, 6.07) is 12.4. The molecule has 0 aliphatic rings. The van der Waals surface area contributed by atoms with Crippen LogP contribution in [0.1, 0.15) is 40.0 Å². The van der Waals surface area contributed by atoms with E-state index in [0.717, 1.165) is 5.56 Å². The van der Waals surface area contributed by atoms with E-state index in [2.05, 4.69) is 24.4 Å². The van der Waals surface area contributed by atoms with Crippen LogP contribution >= 0.6 is 0 Å². The summed E-state index contributed by atoms with van der Waals surface area (Å²) in [5.41, 5.74) is 2.81. The minimum atomic E-state index is -1.25. The van der Waals surface area contributed by atoms with Crippen LogP contribution in [0, 0.1) is 12.7 Å². The molecule has 0 aliphatic heterocycles. The molecule has 1 atom stereocenters. The SMILES string of the molecule is Cc1ccccc1[C@H](C)NCc1ccc(C(=O)O)c(F)c1. The van der Waals surface area contributed by atoms with Gasteiger partial charge in [0.1, 0.15) is 5.82 Å². The number of benzene rings is 2. The van der Waals surface area contributed by atoms with Crippen molar-refractivity contribution in [3.05, 3.63) is 70.5 Å². The molecule has 21 heavy (non-hydrogen) atoms. The summed E-state index contributed by atoms with van der Waals surface area (Å²) >= 11 is 0. The third-order valence-electron chi connectivity index (χ3n) is 3.53. The molecule has 0 spiro atoms. The van der Waals surface area contributed by atoms with Crippen molar-refractivity contribution in [2.75, 3.05) is 0 Å². The van der Waals surface area contributed by atoms with E-state index in [-0.39, 0.29) is 11.6 Å². The van der Waals surface area contributed by atoms with Crippen LogP contribution in [-0.4, -0.2) is 11.1 Å². The van der Waals surface area contributed by atoms with E-state index in [1.165, 1.54) is 23.3 Å². The lowest BCUT2D eigenvalue weighted by atomic mass is 10.0. The molecule has 0 aliphatic carbocycles. The first-order chi connectivity index (χ1) is 9.99. The molecule has 2 N–H and O–H groups in total. The standard InChI is InChI=1S/C17H18FNO2/c1-11-5-3-4-6-14(11)12(2)19-10-13-7-8-15(17(20)21)16(18)9-13/h3-9,12,19H,10H2,1-2H3,(H,20,21)/t12-/m0/s1. The molecule has 0 heterocycles. The van der Waals surface area contributed by atoms with Gasteiger partial charge in [-0.15, -0.1) is 0 Å². The van der Waals surface area contributed by atoms with Crippen molar-refractivity contribution >= 4 is 5.97 Å². The molecule has 4 heteroatoms. The Morgan fingerprint density at radius 2 is 2.00 bits per heavy atom. The van der Waals surface area contributed by atoms with Crippen LogP contribution in [0.3, 0.4) is 0 Å². The molecule has 0 fully saturated rings. The molecule has 110 valence electrons. The van der Waals surface area contributed by atoms with Gasteiger partial charge in [0, 0.05) is 12.6 Å². The Morgan fingerprint density at radius 1 is 1.29 bits per heavy atom. The third kappa shape index (κ3) is 3.67. The minimum absolute atomic E-state index is 0.133. The van der Waals surface area contributed by atoms with Gasteiger partial charge < -0.3 is 10.4 Å². The number of hydrogen-bond donors (Lipinski definition) is 2. The highest BCUT2D eigenvalue weighted by Gasteiger charge is 2.11. The minimum Gasteiger partial charge on any atom is -0.478 e. The average Bonchev–Trinajstić information content (AvgIpc) is 2.45. The molecular weight excluding hydrogens is 269 g/mol. The van der Waals surface area contributed by atoms with E-state index in [1.807, 2.05) is 19.1 Å². The van der Waals surface area contributed by atoms with E-state index < -0.39 is 11.8 Å². The molecule has 2 aromatic carbocycles. The zero-order valence-electron chi connectivity index (χ0n) is 12.1. The van der Waals surface area contributed by atoms with Crippen LogP contribution < -0.4 is 5.32 Å². The van der Waals surface area contributed by atoms with Crippen molar-refractivity contribution in [3.8, 4) is 0 Å². The summed E-state index contributed by atoms with van der Waals surface area (Å²) in [6.07, 6.45) is 0. The molecule has 0 bridgehead atoms. The number of carboxylic acid groups (broad SMARTS) is 1. The van der Waals surface area contributed by atoms with Crippen molar-refractivity contribution in [1.29, 1.82) is 0 Å². The maximum atomic E-state index is 13.6. The van der Waals surface area contributed by atoms with Crippen LogP contribution in [0.5, 0.6) is 0 Å². The van der Waals surface area contributed by atoms with E-state index in [0.29, 0.717) is 6.54 Å². The van der Waals surface area contributed by atoms with Crippen molar-refractivity contribution in [1.82, 2.24) is 5.32 Å². The van der Waals surface area contributed by atoms with Crippen LogP contribution in [0.2, 0.25) is 0 Å². The van der Waals surface area contributed by atoms with Crippen molar-refractivity contribution in [2.24, 2.45) is 0 Å². The summed E-state index contributed by atoms with van der Waals surface area (Å²) in [6.45, 7) is 4.57. The lowest BCUT2D eigenvalue weighted by Crippen LogP contribution is -2.19. The second kappa shape index (κ2) is 6.50. The fourth-order valence-electron chi connectivity index (χ4n) is 2.30. The molecule has 0 saturated carbocycles. The molecule has 0 amide bonds. The number of aromatic carboxylic acids is 1. The highest BCUT2D eigenvalue weighted by molar-refractivity contribution is 5.87. The number of carbonyl (C=O) groups is 1. The summed E-state index contributed by atoms with van der Waals surface area (Å²) in [4.78, 5) is 10.8. The molecule has 2 aromatic rings. The Bertz CT molecular complexity index is 655. The molecule has 3 nitrogen and oxygen atoms in total. The molecule has 0 saturated heterocycles. The molecule has 0 unspecified atom stereocenters. The number of aryl methyl sites for hydroxylation is 1. The van der Waals surface area contributed by atoms with Crippen LogP contribution in [0.15, 0.2) is 42.5 Å². The Morgan fingerprint density at radius 3 is 2.62 bits per heavy atom. The summed E-state index contributed by atoms with van der Waals surface area (Å²) in [5.74, 6) is -1.95. The Hall–Kier alpha value is -2.20. The third-order valence-corrected chi connectivity index (χ3v) is 3.53. The Kier molecular flexibility index (Phi) is 4.70. The van der Waals surface area contributed by atoms with Gasteiger partial charge in [-0.05, 0) is 42.7 Å². The number of rotatable bonds is 5. The second-order valence-corrected chi connectivity index (χ2v) is 5.08. The maximum Gasteiger partial charge on any atom is 0.338 e. The number of hydrogen-bond acceptors (Lipinski definition) is 2.